The fourth-order valence-corrected chi connectivity index (χ4v) is 6.31. The van der Waals surface area contributed by atoms with Crippen LogP contribution >= 0.6 is 0 Å². The van der Waals surface area contributed by atoms with Crippen LogP contribution in [0.2, 0.25) is 0 Å². The smallest absolute Gasteiger partial charge is 0.245 e. The second-order valence-electron chi connectivity index (χ2n) is 12.5. The minimum absolute atomic E-state index is 0.0647. The lowest BCUT2D eigenvalue weighted by atomic mass is 9.70. The van der Waals surface area contributed by atoms with Crippen LogP contribution in [0, 0.1) is 22.7 Å². The molecule has 4 atom stereocenters. The number of benzene rings is 1. The summed E-state index contributed by atoms with van der Waals surface area (Å²) in [4.78, 5) is 48.3. The first-order valence-corrected chi connectivity index (χ1v) is 14.2. The third kappa shape index (κ3) is 5.90. The zero-order chi connectivity index (χ0) is 28.5. The van der Waals surface area contributed by atoms with Crippen molar-refractivity contribution in [3.05, 3.63) is 66.0 Å². The molecule has 2 saturated heterocycles. The maximum Gasteiger partial charge on any atom is 0.245 e. The highest BCUT2D eigenvalue weighted by atomic mass is 16.5. The van der Waals surface area contributed by atoms with E-state index in [2.05, 4.69) is 34.4 Å². The first-order valence-electron chi connectivity index (χ1n) is 14.2. The molecule has 2 aliphatic heterocycles. The lowest BCUT2D eigenvalue weighted by Crippen LogP contribution is -2.65. The number of ether oxygens (including phenoxy) is 1. The zero-order valence-corrected chi connectivity index (χ0v) is 23.9. The highest BCUT2D eigenvalue weighted by Crippen LogP contribution is 2.54. The lowest BCUT2D eigenvalue weighted by Gasteiger charge is -2.51. The summed E-state index contributed by atoms with van der Waals surface area (Å²) in [7, 11) is 1.56. The molecule has 40 heavy (non-hydrogen) atoms. The molecule has 2 aromatic rings. The summed E-state index contributed by atoms with van der Waals surface area (Å²) in [5.41, 5.74) is 1.80. The van der Waals surface area contributed by atoms with Gasteiger partial charge in [0.1, 0.15) is 6.04 Å². The highest BCUT2D eigenvalue weighted by Gasteiger charge is 2.61. The third-order valence-corrected chi connectivity index (χ3v) is 8.95. The van der Waals surface area contributed by atoms with E-state index in [4.69, 9.17) is 4.74 Å². The molecule has 1 aromatic heterocycles. The van der Waals surface area contributed by atoms with E-state index < -0.39 is 12.1 Å². The summed E-state index contributed by atoms with van der Waals surface area (Å²) < 4.78 is 6.02. The number of nitrogens with one attached hydrogen (secondary N) is 2. The van der Waals surface area contributed by atoms with E-state index in [9.17, 15) is 14.4 Å². The molecule has 9 heteroatoms. The molecular weight excluding hydrogens is 506 g/mol. The number of hydrogen-bond donors (Lipinski definition) is 2. The molecule has 3 aliphatic rings. The van der Waals surface area contributed by atoms with Crippen LogP contribution in [0.1, 0.15) is 38.3 Å². The van der Waals surface area contributed by atoms with Gasteiger partial charge in [0.15, 0.2) is 0 Å². The standard InChI is InChI=1S/C31H41N5O4/c1-21(40-17-22-9-6-5-7-10-22)26(28(38)32-4)34-27(37)25-16-35(15-23-11-8-12-33-14-23)18-31(25)19-36(20-31)29(39)24-13-30(24,2)3/h5-12,14,21,24-26H,13,15-20H2,1-4H3,(H,32,38)(H,34,37)/t21-,24-,25-,26+/m1/s1. The first kappa shape index (κ1) is 28.2. The number of carbonyl (C=O) groups is 3. The van der Waals surface area contributed by atoms with Gasteiger partial charge in [-0.25, -0.2) is 0 Å². The molecular formula is C31H41N5O4. The average molecular weight is 548 g/mol. The molecule has 3 heterocycles. The molecule has 0 radical (unpaired) electrons. The molecule has 5 rings (SSSR count). The maximum atomic E-state index is 13.9. The van der Waals surface area contributed by atoms with E-state index in [1.54, 1.807) is 13.2 Å². The van der Waals surface area contributed by atoms with Crippen molar-refractivity contribution in [3.8, 4) is 0 Å². The van der Waals surface area contributed by atoms with Crippen molar-refractivity contribution in [2.45, 2.75) is 52.5 Å². The van der Waals surface area contributed by atoms with Crippen LogP contribution in [-0.2, 0) is 32.3 Å². The Balaban J connectivity index is 1.29. The van der Waals surface area contributed by atoms with Gasteiger partial charge < -0.3 is 20.3 Å². The summed E-state index contributed by atoms with van der Waals surface area (Å²) in [6.45, 7) is 9.47. The molecule has 9 nitrogen and oxygen atoms in total. The van der Waals surface area contributed by atoms with Crippen LogP contribution in [0.4, 0.5) is 0 Å². The summed E-state index contributed by atoms with van der Waals surface area (Å²) in [5, 5.41) is 5.70. The second kappa shape index (κ2) is 11.3. The Morgan fingerprint density at radius 3 is 2.38 bits per heavy atom. The molecule has 0 unspecified atom stereocenters. The number of aromatic nitrogens is 1. The fourth-order valence-electron chi connectivity index (χ4n) is 6.31. The second-order valence-corrected chi connectivity index (χ2v) is 12.5. The van der Waals surface area contributed by atoms with Crippen LogP contribution in [-0.4, -0.2) is 77.9 Å². The van der Waals surface area contributed by atoms with Gasteiger partial charge in [0.25, 0.3) is 0 Å². The average Bonchev–Trinajstić information content (AvgIpc) is 3.41. The molecule has 1 saturated carbocycles. The van der Waals surface area contributed by atoms with E-state index in [-0.39, 0.29) is 40.4 Å². The number of likely N-dealkylation sites (N-methyl/N-ethyl adjacent to an activating group) is 1. The quantitative estimate of drug-likeness (QED) is 0.473. The van der Waals surface area contributed by atoms with Crippen LogP contribution < -0.4 is 10.6 Å². The van der Waals surface area contributed by atoms with Gasteiger partial charge in [-0.2, -0.15) is 0 Å². The monoisotopic (exact) mass is 547 g/mol. The number of pyridine rings is 1. The van der Waals surface area contributed by atoms with Crippen molar-refractivity contribution in [2.24, 2.45) is 22.7 Å². The fraction of sp³-hybridized carbons (Fsp3) is 0.548. The SMILES string of the molecule is CNC(=O)[C@@H](NC(=O)[C@H]1CN(Cc2cccnc2)CC12CN(C(=O)[C@H]1CC1(C)C)C2)[C@@H](C)OCc1ccccc1. The Hall–Kier alpha value is -3.30. The minimum atomic E-state index is -0.837. The number of carbonyl (C=O) groups excluding carboxylic acids is 3. The molecule has 1 aromatic carbocycles. The summed E-state index contributed by atoms with van der Waals surface area (Å²) in [5.74, 6) is -0.545. The third-order valence-electron chi connectivity index (χ3n) is 8.95. The van der Waals surface area contributed by atoms with Crippen molar-refractivity contribution < 1.29 is 19.1 Å². The van der Waals surface area contributed by atoms with Crippen molar-refractivity contribution in [2.75, 3.05) is 33.2 Å². The van der Waals surface area contributed by atoms with Crippen LogP contribution in [0.3, 0.4) is 0 Å². The summed E-state index contributed by atoms with van der Waals surface area (Å²) >= 11 is 0. The normalized spacial score (nSPS) is 24.1. The molecule has 2 N–H and O–H groups in total. The zero-order valence-electron chi connectivity index (χ0n) is 23.9. The van der Waals surface area contributed by atoms with Crippen LogP contribution in [0.15, 0.2) is 54.9 Å². The Kier molecular flexibility index (Phi) is 7.97. The topological polar surface area (TPSA) is 104 Å². The predicted molar refractivity (Wildman–Crippen MR) is 151 cm³/mol. The van der Waals surface area contributed by atoms with Crippen molar-refractivity contribution in [3.63, 3.8) is 0 Å². The van der Waals surface area contributed by atoms with E-state index in [1.165, 1.54) is 0 Å². The molecule has 3 amide bonds. The first-order chi connectivity index (χ1) is 19.1. The number of nitrogens with zero attached hydrogens (tertiary/aromatic N) is 3. The van der Waals surface area contributed by atoms with Crippen LogP contribution in [0.25, 0.3) is 0 Å². The van der Waals surface area contributed by atoms with Gasteiger partial charge >= 0.3 is 0 Å². The molecule has 214 valence electrons. The largest absolute Gasteiger partial charge is 0.371 e. The Labute approximate surface area is 236 Å². The van der Waals surface area contributed by atoms with Gasteiger partial charge in [0.2, 0.25) is 17.7 Å². The number of likely N-dealkylation sites (tertiary alicyclic amines) is 2. The van der Waals surface area contributed by atoms with Crippen LogP contribution in [0.5, 0.6) is 0 Å². The minimum Gasteiger partial charge on any atom is -0.371 e. The van der Waals surface area contributed by atoms with Gasteiger partial charge in [0.05, 0.1) is 18.6 Å². The van der Waals surface area contributed by atoms with Crippen molar-refractivity contribution >= 4 is 17.7 Å². The maximum absolute atomic E-state index is 13.9. The number of amides is 3. The molecule has 3 fully saturated rings. The number of hydrogen-bond acceptors (Lipinski definition) is 6. The van der Waals surface area contributed by atoms with Gasteiger partial charge in [0, 0.05) is 63.5 Å². The van der Waals surface area contributed by atoms with E-state index >= 15 is 0 Å². The Morgan fingerprint density at radius 2 is 1.75 bits per heavy atom. The molecule has 1 aliphatic carbocycles. The Bertz CT molecular complexity index is 1210. The van der Waals surface area contributed by atoms with Crippen molar-refractivity contribution in [1.82, 2.24) is 25.4 Å². The predicted octanol–water partition coefficient (Wildman–Crippen LogP) is 2.22. The van der Waals surface area contributed by atoms with Gasteiger partial charge in [-0.3, -0.25) is 24.3 Å². The number of rotatable bonds is 10. The van der Waals surface area contributed by atoms with Gasteiger partial charge in [-0.15, -0.1) is 0 Å². The summed E-state index contributed by atoms with van der Waals surface area (Å²) in [6, 6.07) is 12.9. The summed E-state index contributed by atoms with van der Waals surface area (Å²) in [6.07, 6.45) is 3.98. The van der Waals surface area contributed by atoms with E-state index in [0.29, 0.717) is 39.3 Å². The van der Waals surface area contributed by atoms with E-state index in [1.807, 2.05) is 60.5 Å². The highest BCUT2D eigenvalue weighted by molar-refractivity contribution is 5.90. The Morgan fingerprint density at radius 1 is 1.05 bits per heavy atom. The molecule has 0 bridgehead atoms. The van der Waals surface area contributed by atoms with Gasteiger partial charge in [-0.05, 0) is 36.0 Å². The lowest BCUT2D eigenvalue weighted by molar-refractivity contribution is -0.152. The molecule has 1 spiro atoms. The van der Waals surface area contributed by atoms with Crippen molar-refractivity contribution in [1.29, 1.82) is 0 Å². The van der Waals surface area contributed by atoms with E-state index in [0.717, 1.165) is 17.5 Å². The van der Waals surface area contributed by atoms with Gasteiger partial charge in [-0.1, -0.05) is 50.2 Å².